The lowest BCUT2D eigenvalue weighted by Crippen LogP contribution is -2.21. The predicted octanol–water partition coefficient (Wildman–Crippen LogP) is 3.93. The average molecular weight is 463 g/mol. The third-order valence-corrected chi connectivity index (χ3v) is 5.34. The minimum absolute atomic E-state index is 0.0987. The highest BCUT2D eigenvalue weighted by atomic mass is 16.5. The molecule has 34 heavy (non-hydrogen) atoms. The normalized spacial score (nSPS) is 10.8. The Balaban J connectivity index is 1.45. The van der Waals surface area contributed by atoms with E-state index in [0.717, 1.165) is 11.3 Å². The van der Waals surface area contributed by atoms with Gasteiger partial charge < -0.3 is 19.8 Å². The second-order valence-corrected chi connectivity index (χ2v) is 7.77. The van der Waals surface area contributed by atoms with Crippen LogP contribution in [0.15, 0.2) is 53.2 Å². The molecule has 10 heteroatoms. The Morgan fingerprint density at radius 3 is 2.50 bits per heavy atom. The molecule has 0 atom stereocenters. The summed E-state index contributed by atoms with van der Waals surface area (Å²) in [6, 6.07) is 10.9. The molecule has 10 nitrogen and oxygen atoms in total. The fraction of sp³-hybridized carbons (Fsp3) is 0.250. The maximum atomic E-state index is 13.0. The fourth-order valence-electron chi connectivity index (χ4n) is 3.38. The molecule has 0 aliphatic heterocycles. The number of rotatable bonds is 8. The van der Waals surface area contributed by atoms with Gasteiger partial charge in [-0.05, 0) is 50.6 Å². The maximum Gasteiger partial charge on any atom is 0.291 e. The number of nitrogens with zero attached hydrogens (tertiary/aromatic N) is 4. The van der Waals surface area contributed by atoms with Gasteiger partial charge in [0.05, 0.1) is 29.5 Å². The molecular weight excluding hydrogens is 436 g/mol. The molecule has 0 spiro atoms. The number of amides is 2. The molecule has 3 aromatic heterocycles. The lowest BCUT2D eigenvalue weighted by molar-refractivity contribution is 0.0992. The Morgan fingerprint density at radius 2 is 1.79 bits per heavy atom. The van der Waals surface area contributed by atoms with Gasteiger partial charge in [0, 0.05) is 13.6 Å². The summed E-state index contributed by atoms with van der Waals surface area (Å²) in [6.45, 7) is 6.32. The van der Waals surface area contributed by atoms with Crippen LogP contribution in [-0.4, -0.2) is 31.4 Å². The predicted molar refractivity (Wildman–Crippen MR) is 126 cm³/mol. The molecule has 3 heterocycles. The molecule has 0 bridgehead atoms. The first-order valence-corrected chi connectivity index (χ1v) is 10.8. The van der Waals surface area contributed by atoms with E-state index in [2.05, 4.69) is 20.8 Å². The molecule has 0 unspecified atom stereocenters. The summed E-state index contributed by atoms with van der Waals surface area (Å²) in [5, 5.41) is 13.9. The number of aromatic nitrogens is 4. The Kier molecular flexibility index (Phi) is 6.48. The van der Waals surface area contributed by atoms with Gasteiger partial charge in [0.15, 0.2) is 5.76 Å². The minimum Gasteiger partial charge on any atom is -0.486 e. The number of anilines is 2. The summed E-state index contributed by atoms with van der Waals surface area (Å²) in [4.78, 5) is 25.8. The largest absolute Gasteiger partial charge is 0.486 e. The van der Waals surface area contributed by atoms with Gasteiger partial charge in [-0.3, -0.25) is 19.0 Å². The number of furan rings is 1. The molecule has 0 saturated heterocycles. The van der Waals surface area contributed by atoms with E-state index in [1.54, 1.807) is 30.1 Å². The molecule has 0 aliphatic rings. The molecule has 4 aromatic rings. The molecule has 4 rings (SSSR count). The van der Waals surface area contributed by atoms with Crippen LogP contribution in [-0.2, 0) is 20.2 Å². The van der Waals surface area contributed by atoms with Crippen LogP contribution in [0.2, 0.25) is 0 Å². The van der Waals surface area contributed by atoms with Crippen LogP contribution in [0.3, 0.4) is 0 Å². The van der Waals surface area contributed by atoms with E-state index < -0.39 is 11.8 Å². The van der Waals surface area contributed by atoms with E-state index in [1.807, 2.05) is 45.0 Å². The van der Waals surface area contributed by atoms with Crippen LogP contribution < -0.4 is 15.4 Å². The number of nitrogens with one attached hydrogen (secondary N) is 2. The molecule has 2 amide bonds. The Hall–Kier alpha value is -4.34. The van der Waals surface area contributed by atoms with Crippen molar-refractivity contribution in [1.82, 2.24) is 19.6 Å². The van der Waals surface area contributed by atoms with Crippen molar-refractivity contribution in [3.8, 4) is 5.75 Å². The highest BCUT2D eigenvalue weighted by molar-refractivity contribution is 6.11. The summed E-state index contributed by atoms with van der Waals surface area (Å²) in [6.07, 6.45) is 3.01. The Labute approximate surface area is 196 Å². The van der Waals surface area contributed by atoms with Crippen molar-refractivity contribution in [2.75, 3.05) is 10.6 Å². The smallest absolute Gasteiger partial charge is 0.291 e. The highest BCUT2D eigenvalue weighted by Gasteiger charge is 2.22. The van der Waals surface area contributed by atoms with Crippen LogP contribution >= 0.6 is 0 Å². The first-order chi connectivity index (χ1) is 16.4. The fourth-order valence-corrected chi connectivity index (χ4v) is 3.38. The quantitative estimate of drug-likeness (QED) is 0.410. The number of benzene rings is 1. The molecular formula is C24H26N6O4. The summed E-state index contributed by atoms with van der Waals surface area (Å²) in [5.74, 6) is 0.415. The number of hydrogen-bond donors (Lipinski definition) is 2. The zero-order chi connectivity index (χ0) is 24.2. The number of carbonyl (C=O) groups is 2. The van der Waals surface area contributed by atoms with Gasteiger partial charge in [-0.1, -0.05) is 12.1 Å². The first-order valence-electron chi connectivity index (χ1n) is 10.8. The summed E-state index contributed by atoms with van der Waals surface area (Å²) in [5.41, 5.74) is 2.98. The number of ether oxygens (including phenoxy) is 1. The average Bonchev–Trinajstić information content (AvgIpc) is 3.53. The van der Waals surface area contributed by atoms with Gasteiger partial charge in [0.2, 0.25) is 0 Å². The monoisotopic (exact) mass is 462 g/mol. The van der Waals surface area contributed by atoms with Crippen molar-refractivity contribution in [1.29, 1.82) is 0 Å². The molecule has 1 aromatic carbocycles. The van der Waals surface area contributed by atoms with Gasteiger partial charge in [-0.25, -0.2) is 0 Å². The topological polar surface area (TPSA) is 116 Å². The third-order valence-electron chi connectivity index (χ3n) is 5.34. The molecule has 0 saturated carbocycles. The Bertz CT molecular complexity index is 1330. The van der Waals surface area contributed by atoms with E-state index in [0.29, 0.717) is 23.7 Å². The zero-order valence-electron chi connectivity index (χ0n) is 19.5. The lowest BCUT2D eigenvalue weighted by atomic mass is 10.2. The van der Waals surface area contributed by atoms with E-state index >= 15 is 0 Å². The maximum absolute atomic E-state index is 13.0. The molecule has 176 valence electrons. The van der Waals surface area contributed by atoms with Crippen LogP contribution in [0, 0.1) is 13.8 Å². The SMILES string of the molecule is CCn1ncc(NC(=O)c2ccc(COc3cccc(C)c3)o2)c1C(=O)Nc1cnn(C)c1C. The van der Waals surface area contributed by atoms with Crippen LogP contribution in [0.4, 0.5) is 11.4 Å². The zero-order valence-corrected chi connectivity index (χ0v) is 19.5. The number of carbonyl (C=O) groups excluding carboxylic acids is 2. The van der Waals surface area contributed by atoms with E-state index in [4.69, 9.17) is 9.15 Å². The van der Waals surface area contributed by atoms with E-state index in [9.17, 15) is 9.59 Å². The summed E-state index contributed by atoms with van der Waals surface area (Å²) < 4.78 is 14.5. The highest BCUT2D eigenvalue weighted by Crippen LogP contribution is 2.21. The standard InChI is InChI=1S/C24H26N6O4/c1-5-30-22(24(32)27-19-12-25-29(4)16(19)3)20(13-26-30)28-23(31)21-10-9-18(34-21)14-33-17-8-6-7-15(2)11-17/h6-13H,5,14H2,1-4H3,(H,27,32)(H,28,31). The van der Waals surface area contributed by atoms with Gasteiger partial charge >= 0.3 is 0 Å². The van der Waals surface area contributed by atoms with Gasteiger partial charge in [0.1, 0.15) is 23.8 Å². The van der Waals surface area contributed by atoms with Crippen molar-refractivity contribution in [3.05, 3.63) is 77.3 Å². The number of aryl methyl sites for hydroxylation is 3. The van der Waals surface area contributed by atoms with Crippen molar-refractivity contribution in [3.63, 3.8) is 0 Å². The van der Waals surface area contributed by atoms with Crippen molar-refractivity contribution < 1.29 is 18.7 Å². The molecule has 0 fully saturated rings. The van der Waals surface area contributed by atoms with Crippen LogP contribution in [0.5, 0.6) is 5.75 Å². The molecule has 2 N–H and O–H groups in total. The lowest BCUT2D eigenvalue weighted by Gasteiger charge is -2.09. The molecule has 0 radical (unpaired) electrons. The summed E-state index contributed by atoms with van der Waals surface area (Å²) in [7, 11) is 1.79. The third kappa shape index (κ3) is 4.85. The Morgan fingerprint density at radius 1 is 1.03 bits per heavy atom. The first kappa shape index (κ1) is 22.8. The summed E-state index contributed by atoms with van der Waals surface area (Å²) >= 11 is 0. The van der Waals surface area contributed by atoms with Crippen molar-refractivity contribution >= 4 is 23.2 Å². The minimum atomic E-state index is -0.496. The second kappa shape index (κ2) is 9.65. The van der Waals surface area contributed by atoms with Crippen molar-refractivity contribution in [2.45, 2.75) is 33.9 Å². The van der Waals surface area contributed by atoms with Gasteiger partial charge in [-0.2, -0.15) is 10.2 Å². The van der Waals surface area contributed by atoms with Gasteiger partial charge in [0.25, 0.3) is 11.8 Å². The van der Waals surface area contributed by atoms with Crippen molar-refractivity contribution in [2.24, 2.45) is 7.05 Å². The van der Waals surface area contributed by atoms with E-state index in [-0.39, 0.29) is 23.7 Å². The van der Waals surface area contributed by atoms with Crippen LogP contribution in [0.1, 0.15) is 45.0 Å². The van der Waals surface area contributed by atoms with E-state index in [1.165, 1.54) is 10.9 Å². The van der Waals surface area contributed by atoms with Gasteiger partial charge in [-0.15, -0.1) is 0 Å². The van der Waals surface area contributed by atoms with Crippen LogP contribution in [0.25, 0.3) is 0 Å². The number of hydrogen-bond acceptors (Lipinski definition) is 6. The second-order valence-electron chi connectivity index (χ2n) is 7.77. The molecule has 0 aliphatic carbocycles.